The average molecular weight is 339 g/mol. The first-order valence-electron chi connectivity index (χ1n) is 9.17. The zero-order valence-electron chi connectivity index (χ0n) is 15.2. The summed E-state index contributed by atoms with van der Waals surface area (Å²) in [6.07, 6.45) is 1.10. The predicted molar refractivity (Wildman–Crippen MR) is 96.8 cm³/mol. The summed E-state index contributed by atoms with van der Waals surface area (Å²) in [5.41, 5.74) is 1.98. The SMILES string of the molecule is CCN(CC)CCC1CC(=O)C(C)C2=C1C(=O)c1ccccc1C2=O. The van der Waals surface area contributed by atoms with Gasteiger partial charge in [-0.2, -0.15) is 0 Å². The Hall–Kier alpha value is -2.07. The number of Topliss-reactive ketones (excluding diaryl/α,β-unsaturated/α-hetero) is 3. The van der Waals surface area contributed by atoms with Crippen LogP contribution in [0.3, 0.4) is 0 Å². The summed E-state index contributed by atoms with van der Waals surface area (Å²) in [5, 5.41) is 0. The number of ketones is 3. The van der Waals surface area contributed by atoms with E-state index in [-0.39, 0.29) is 23.3 Å². The maximum Gasteiger partial charge on any atom is 0.190 e. The van der Waals surface area contributed by atoms with Gasteiger partial charge < -0.3 is 4.90 Å². The van der Waals surface area contributed by atoms with Crippen LogP contribution in [0.15, 0.2) is 35.4 Å². The lowest BCUT2D eigenvalue weighted by Crippen LogP contribution is -2.38. The van der Waals surface area contributed by atoms with Crippen molar-refractivity contribution in [3.8, 4) is 0 Å². The van der Waals surface area contributed by atoms with Gasteiger partial charge in [-0.3, -0.25) is 14.4 Å². The molecule has 4 nitrogen and oxygen atoms in total. The van der Waals surface area contributed by atoms with E-state index in [0.29, 0.717) is 28.7 Å². The standard InChI is InChI=1S/C21H25NO3/c1-4-22(5-2)11-10-14-12-17(23)13(3)18-19(14)21(25)16-9-7-6-8-15(16)20(18)24/h6-9,13-14H,4-5,10-12H2,1-3H3. The number of hydrogen-bond donors (Lipinski definition) is 0. The third-order valence-corrected chi connectivity index (χ3v) is 5.66. The molecule has 1 aromatic rings. The van der Waals surface area contributed by atoms with Crippen molar-refractivity contribution < 1.29 is 14.4 Å². The van der Waals surface area contributed by atoms with Crippen LogP contribution in [0, 0.1) is 11.8 Å². The van der Waals surface area contributed by atoms with Crippen molar-refractivity contribution in [1.82, 2.24) is 4.90 Å². The Kier molecular flexibility index (Phi) is 5.00. The number of hydrogen-bond acceptors (Lipinski definition) is 4. The molecule has 3 rings (SSSR count). The van der Waals surface area contributed by atoms with E-state index < -0.39 is 5.92 Å². The Morgan fingerprint density at radius 1 is 0.960 bits per heavy atom. The first-order chi connectivity index (χ1) is 12.0. The highest BCUT2D eigenvalue weighted by atomic mass is 16.1. The fourth-order valence-corrected chi connectivity index (χ4v) is 4.06. The van der Waals surface area contributed by atoms with Crippen LogP contribution in [0.5, 0.6) is 0 Å². The second-order valence-corrected chi connectivity index (χ2v) is 6.94. The molecule has 25 heavy (non-hydrogen) atoms. The fourth-order valence-electron chi connectivity index (χ4n) is 4.06. The van der Waals surface area contributed by atoms with Gasteiger partial charge in [-0.05, 0) is 32.0 Å². The maximum atomic E-state index is 13.1. The quantitative estimate of drug-likeness (QED) is 0.826. The van der Waals surface area contributed by atoms with Gasteiger partial charge in [-0.15, -0.1) is 0 Å². The maximum absolute atomic E-state index is 13.1. The van der Waals surface area contributed by atoms with Gasteiger partial charge in [-0.1, -0.05) is 45.0 Å². The number of allylic oxidation sites excluding steroid dienone is 2. The molecule has 2 atom stereocenters. The molecule has 0 bridgehead atoms. The van der Waals surface area contributed by atoms with E-state index in [1.165, 1.54) is 0 Å². The lowest BCUT2D eigenvalue weighted by Gasteiger charge is -2.34. The van der Waals surface area contributed by atoms with Crippen molar-refractivity contribution >= 4 is 17.3 Å². The third kappa shape index (κ3) is 2.99. The largest absolute Gasteiger partial charge is 0.304 e. The summed E-state index contributed by atoms with van der Waals surface area (Å²) in [7, 11) is 0. The number of carbonyl (C=O) groups is 3. The highest BCUT2D eigenvalue weighted by Crippen LogP contribution is 2.41. The molecular formula is C21H25NO3. The molecule has 2 unspecified atom stereocenters. The lowest BCUT2D eigenvalue weighted by atomic mass is 9.67. The number of benzene rings is 1. The normalized spacial score (nSPS) is 23.1. The summed E-state index contributed by atoms with van der Waals surface area (Å²) in [6, 6.07) is 6.97. The summed E-state index contributed by atoms with van der Waals surface area (Å²) < 4.78 is 0. The minimum atomic E-state index is -0.482. The fraction of sp³-hybridized carbons (Fsp3) is 0.476. The van der Waals surface area contributed by atoms with E-state index in [9.17, 15) is 14.4 Å². The molecule has 0 heterocycles. The van der Waals surface area contributed by atoms with E-state index in [4.69, 9.17) is 0 Å². The lowest BCUT2D eigenvalue weighted by molar-refractivity contribution is -0.122. The Morgan fingerprint density at radius 2 is 1.52 bits per heavy atom. The predicted octanol–water partition coefficient (Wildman–Crippen LogP) is 3.32. The second kappa shape index (κ2) is 7.04. The van der Waals surface area contributed by atoms with Crippen LogP contribution in [-0.2, 0) is 4.79 Å². The van der Waals surface area contributed by atoms with Crippen molar-refractivity contribution in [3.05, 3.63) is 46.5 Å². The molecule has 0 amide bonds. The van der Waals surface area contributed by atoms with Crippen LogP contribution in [0.1, 0.15) is 54.3 Å². The zero-order chi connectivity index (χ0) is 18.1. The van der Waals surface area contributed by atoms with Crippen LogP contribution in [-0.4, -0.2) is 41.9 Å². The molecule has 132 valence electrons. The van der Waals surface area contributed by atoms with Gasteiger partial charge in [0.15, 0.2) is 11.6 Å². The minimum Gasteiger partial charge on any atom is -0.304 e. The van der Waals surface area contributed by atoms with E-state index in [2.05, 4.69) is 18.7 Å². The van der Waals surface area contributed by atoms with Gasteiger partial charge in [0.2, 0.25) is 0 Å². The molecule has 0 spiro atoms. The molecule has 0 saturated carbocycles. The summed E-state index contributed by atoms with van der Waals surface area (Å²) in [5.74, 6) is -0.759. The van der Waals surface area contributed by atoms with Crippen LogP contribution in [0.4, 0.5) is 0 Å². The molecule has 4 heteroatoms. The minimum absolute atomic E-state index is 0.0610. The molecule has 0 N–H and O–H groups in total. The molecule has 0 aliphatic heterocycles. The highest BCUT2D eigenvalue weighted by Gasteiger charge is 2.43. The molecule has 0 radical (unpaired) electrons. The molecular weight excluding hydrogens is 314 g/mol. The zero-order valence-corrected chi connectivity index (χ0v) is 15.2. The van der Waals surface area contributed by atoms with Gasteiger partial charge >= 0.3 is 0 Å². The van der Waals surface area contributed by atoms with E-state index in [1.54, 1.807) is 31.2 Å². The monoisotopic (exact) mass is 339 g/mol. The third-order valence-electron chi connectivity index (χ3n) is 5.66. The first-order valence-corrected chi connectivity index (χ1v) is 9.17. The summed E-state index contributed by atoms with van der Waals surface area (Å²) in [6.45, 7) is 8.68. The molecule has 1 aromatic carbocycles. The first kappa shape index (κ1) is 17.7. The summed E-state index contributed by atoms with van der Waals surface area (Å²) >= 11 is 0. The van der Waals surface area contributed by atoms with Crippen LogP contribution >= 0.6 is 0 Å². The van der Waals surface area contributed by atoms with Gasteiger partial charge in [0, 0.05) is 34.6 Å². The van der Waals surface area contributed by atoms with Gasteiger partial charge in [0.05, 0.1) is 0 Å². The molecule has 0 saturated heterocycles. The number of nitrogens with zero attached hydrogens (tertiary/aromatic N) is 1. The topological polar surface area (TPSA) is 54.5 Å². The second-order valence-electron chi connectivity index (χ2n) is 6.94. The molecule has 2 aliphatic rings. The van der Waals surface area contributed by atoms with Gasteiger partial charge in [0.25, 0.3) is 0 Å². The van der Waals surface area contributed by atoms with Crippen molar-refractivity contribution in [2.24, 2.45) is 11.8 Å². The molecule has 0 aromatic heterocycles. The van der Waals surface area contributed by atoms with Crippen molar-refractivity contribution in [1.29, 1.82) is 0 Å². The Bertz CT molecular complexity index is 758. The van der Waals surface area contributed by atoms with Gasteiger partial charge in [0.1, 0.15) is 5.78 Å². The Balaban J connectivity index is 2.01. The smallest absolute Gasteiger partial charge is 0.190 e. The highest BCUT2D eigenvalue weighted by molar-refractivity contribution is 6.29. The van der Waals surface area contributed by atoms with Crippen LogP contribution in [0.2, 0.25) is 0 Å². The van der Waals surface area contributed by atoms with Crippen LogP contribution < -0.4 is 0 Å². The van der Waals surface area contributed by atoms with E-state index in [1.807, 2.05) is 0 Å². The Labute approximate surface area is 148 Å². The summed E-state index contributed by atoms with van der Waals surface area (Å²) in [4.78, 5) is 40.9. The number of carbonyl (C=O) groups excluding carboxylic acids is 3. The van der Waals surface area contributed by atoms with Crippen molar-refractivity contribution in [3.63, 3.8) is 0 Å². The van der Waals surface area contributed by atoms with Crippen molar-refractivity contribution in [2.75, 3.05) is 19.6 Å². The molecule has 0 fully saturated rings. The molecule has 2 aliphatic carbocycles. The van der Waals surface area contributed by atoms with Crippen molar-refractivity contribution in [2.45, 2.75) is 33.6 Å². The number of fused-ring (bicyclic) bond motifs is 1. The van der Waals surface area contributed by atoms with E-state index in [0.717, 1.165) is 26.1 Å². The van der Waals surface area contributed by atoms with Crippen LogP contribution in [0.25, 0.3) is 0 Å². The Morgan fingerprint density at radius 3 is 2.08 bits per heavy atom. The number of rotatable bonds is 5. The van der Waals surface area contributed by atoms with E-state index >= 15 is 0 Å². The average Bonchev–Trinajstić information content (AvgIpc) is 2.63. The van der Waals surface area contributed by atoms with Gasteiger partial charge in [-0.25, -0.2) is 0 Å².